The third-order valence-corrected chi connectivity index (χ3v) is 3.23. The fraction of sp³-hybridized carbons (Fsp3) is 0.533. The molecule has 0 aliphatic carbocycles. The van der Waals surface area contributed by atoms with Crippen molar-refractivity contribution in [1.82, 2.24) is 0 Å². The predicted octanol–water partition coefficient (Wildman–Crippen LogP) is 4.12. The first kappa shape index (κ1) is 13.8. The Bertz CT molecular complexity index is 354. The number of carbonyl (C=O) groups excluding carboxylic acids is 1. The van der Waals surface area contributed by atoms with E-state index in [0.717, 1.165) is 18.4 Å². The topological polar surface area (TPSA) is 26.3 Å². The molecule has 1 atom stereocenters. The van der Waals surface area contributed by atoms with Gasteiger partial charge in [0.25, 0.3) is 0 Å². The van der Waals surface area contributed by atoms with E-state index in [1.807, 2.05) is 58.0 Å². The molecule has 94 valence electrons. The van der Waals surface area contributed by atoms with Gasteiger partial charge in [0.15, 0.2) is 0 Å². The van der Waals surface area contributed by atoms with Crippen molar-refractivity contribution in [2.24, 2.45) is 5.41 Å². The quantitative estimate of drug-likeness (QED) is 0.716. The normalized spacial score (nSPS) is 13.2. The molecule has 0 aliphatic rings. The third-order valence-electron chi connectivity index (χ3n) is 3.23. The maximum absolute atomic E-state index is 12.0. The van der Waals surface area contributed by atoms with Crippen LogP contribution < -0.4 is 0 Å². The molecule has 0 radical (unpaired) electrons. The summed E-state index contributed by atoms with van der Waals surface area (Å²) < 4.78 is 5.60. The molecule has 1 aromatic rings. The SMILES string of the molecule is CCC(OC(=O)C(C)(C)CC)c1ccccc1. The van der Waals surface area contributed by atoms with Crippen molar-refractivity contribution < 1.29 is 9.53 Å². The highest BCUT2D eigenvalue weighted by Gasteiger charge is 2.29. The molecule has 0 saturated carbocycles. The van der Waals surface area contributed by atoms with Crippen molar-refractivity contribution in [2.45, 2.75) is 46.6 Å². The van der Waals surface area contributed by atoms with E-state index < -0.39 is 5.41 Å². The molecule has 0 amide bonds. The molecule has 2 heteroatoms. The second kappa shape index (κ2) is 5.85. The maximum Gasteiger partial charge on any atom is 0.312 e. The average Bonchev–Trinajstić information content (AvgIpc) is 2.36. The molecule has 0 bridgehead atoms. The van der Waals surface area contributed by atoms with Crippen LogP contribution in [0.5, 0.6) is 0 Å². The van der Waals surface area contributed by atoms with E-state index in [1.165, 1.54) is 0 Å². The number of hydrogen-bond acceptors (Lipinski definition) is 2. The van der Waals surface area contributed by atoms with Crippen molar-refractivity contribution in [3.8, 4) is 0 Å². The van der Waals surface area contributed by atoms with Gasteiger partial charge in [-0.1, -0.05) is 44.2 Å². The number of rotatable bonds is 5. The average molecular weight is 234 g/mol. The Hall–Kier alpha value is -1.31. The Labute approximate surface area is 104 Å². The molecule has 0 saturated heterocycles. The Morgan fingerprint density at radius 2 is 1.82 bits per heavy atom. The van der Waals surface area contributed by atoms with E-state index in [2.05, 4.69) is 0 Å². The van der Waals surface area contributed by atoms with Gasteiger partial charge in [-0.15, -0.1) is 0 Å². The summed E-state index contributed by atoms with van der Waals surface area (Å²) in [6.07, 6.45) is 1.46. The van der Waals surface area contributed by atoms with Crippen LogP contribution in [0.15, 0.2) is 30.3 Å². The van der Waals surface area contributed by atoms with Gasteiger partial charge in [-0.25, -0.2) is 0 Å². The van der Waals surface area contributed by atoms with Crippen LogP contribution in [-0.2, 0) is 9.53 Å². The van der Waals surface area contributed by atoms with Gasteiger partial charge in [0.1, 0.15) is 6.10 Å². The van der Waals surface area contributed by atoms with E-state index in [9.17, 15) is 4.79 Å². The van der Waals surface area contributed by atoms with Gasteiger partial charge in [-0.2, -0.15) is 0 Å². The maximum atomic E-state index is 12.0. The summed E-state index contributed by atoms with van der Waals surface area (Å²) in [6.45, 7) is 7.88. The fourth-order valence-corrected chi connectivity index (χ4v) is 1.49. The van der Waals surface area contributed by atoms with E-state index >= 15 is 0 Å². The largest absolute Gasteiger partial charge is 0.457 e. The van der Waals surface area contributed by atoms with Crippen LogP contribution >= 0.6 is 0 Å². The van der Waals surface area contributed by atoms with Crippen molar-refractivity contribution in [2.75, 3.05) is 0 Å². The van der Waals surface area contributed by atoms with Crippen LogP contribution in [0.25, 0.3) is 0 Å². The minimum absolute atomic E-state index is 0.115. The lowest BCUT2D eigenvalue weighted by Crippen LogP contribution is -2.27. The molecule has 2 nitrogen and oxygen atoms in total. The van der Waals surface area contributed by atoms with E-state index in [4.69, 9.17) is 4.74 Å². The lowest BCUT2D eigenvalue weighted by Gasteiger charge is -2.25. The van der Waals surface area contributed by atoms with Gasteiger partial charge in [0.2, 0.25) is 0 Å². The van der Waals surface area contributed by atoms with Crippen molar-refractivity contribution in [3.05, 3.63) is 35.9 Å². The Kier molecular flexibility index (Phi) is 4.73. The first-order valence-electron chi connectivity index (χ1n) is 6.27. The highest BCUT2D eigenvalue weighted by molar-refractivity contribution is 5.76. The minimum Gasteiger partial charge on any atom is -0.457 e. The van der Waals surface area contributed by atoms with Crippen LogP contribution in [0.3, 0.4) is 0 Å². The highest BCUT2D eigenvalue weighted by atomic mass is 16.5. The van der Waals surface area contributed by atoms with Crippen molar-refractivity contribution in [1.29, 1.82) is 0 Å². The van der Waals surface area contributed by atoms with E-state index in [1.54, 1.807) is 0 Å². The summed E-state index contributed by atoms with van der Waals surface area (Å²) >= 11 is 0. The van der Waals surface area contributed by atoms with E-state index in [-0.39, 0.29) is 12.1 Å². The summed E-state index contributed by atoms with van der Waals surface area (Å²) in [6, 6.07) is 9.91. The lowest BCUT2D eigenvalue weighted by molar-refractivity contribution is -0.160. The molecule has 0 N–H and O–H groups in total. The van der Waals surface area contributed by atoms with Gasteiger partial charge in [-0.3, -0.25) is 4.79 Å². The smallest absolute Gasteiger partial charge is 0.312 e. The highest BCUT2D eigenvalue weighted by Crippen LogP contribution is 2.28. The Balaban J connectivity index is 2.75. The molecule has 17 heavy (non-hydrogen) atoms. The zero-order chi connectivity index (χ0) is 12.9. The standard InChI is InChI=1S/C15H22O2/c1-5-13(12-10-8-7-9-11-12)17-14(16)15(3,4)6-2/h7-11,13H,5-6H2,1-4H3. The van der Waals surface area contributed by atoms with Crippen LogP contribution in [0.2, 0.25) is 0 Å². The second-order valence-electron chi connectivity index (χ2n) is 4.95. The third kappa shape index (κ3) is 3.58. The minimum atomic E-state index is -0.401. The Morgan fingerprint density at radius 1 is 1.24 bits per heavy atom. The number of esters is 1. The van der Waals surface area contributed by atoms with Gasteiger partial charge in [0.05, 0.1) is 5.41 Å². The number of benzene rings is 1. The monoisotopic (exact) mass is 234 g/mol. The van der Waals surface area contributed by atoms with Crippen LogP contribution in [-0.4, -0.2) is 5.97 Å². The van der Waals surface area contributed by atoms with Gasteiger partial charge < -0.3 is 4.74 Å². The molecule has 0 heterocycles. The summed E-state index contributed by atoms with van der Waals surface area (Å²) in [5, 5.41) is 0. The first-order valence-corrected chi connectivity index (χ1v) is 6.27. The second-order valence-corrected chi connectivity index (χ2v) is 4.95. The molecule has 0 fully saturated rings. The first-order chi connectivity index (χ1) is 8.01. The van der Waals surface area contributed by atoms with Gasteiger partial charge >= 0.3 is 5.97 Å². The van der Waals surface area contributed by atoms with Crippen LogP contribution in [0.4, 0.5) is 0 Å². The summed E-state index contributed by atoms with van der Waals surface area (Å²) in [7, 11) is 0. The summed E-state index contributed by atoms with van der Waals surface area (Å²) in [4.78, 5) is 12.0. The molecule has 1 rings (SSSR count). The Morgan fingerprint density at radius 3 is 2.29 bits per heavy atom. The predicted molar refractivity (Wildman–Crippen MR) is 69.6 cm³/mol. The summed E-state index contributed by atoms with van der Waals surface area (Å²) in [5.74, 6) is -0.115. The molecule has 1 aromatic carbocycles. The number of ether oxygens (including phenoxy) is 1. The number of hydrogen-bond donors (Lipinski definition) is 0. The molecular weight excluding hydrogens is 212 g/mol. The van der Waals surface area contributed by atoms with E-state index in [0.29, 0.717) is 0 Å². The zero-order valence-electron chi connectivity index (χ0n) is 11.2. The molecule has 0 aliphatic heterocycles. The van der Waals surface area contributed by atoms with Gasteiger partial charge in [0, 0.05) is 0 Å². The lowest BCUT2D eigenvalue weighted by atomic mass is 9.90. The van der Waals surface area contributed by atoms with Crippen LogP contribution in [0.1, 0.15) is 52.2 Å². The van der Waals surface area contributed by atoms with Crippen molar-refractivity contribution >= 4 is 5.97 Å². The zero-order valence-corrected chi connectivity index (χ0v) is 11.2. The summed E-state index contributed by atoms with van der Waals surface area (Å²) in [5.41, 5.74) is 0.664. The fourth-order valence-electron chi connectivity index (χ4n) is 1.49. The molecular formula is C15H22O2. The number of carbonyl (C=O) groups is 1. The van der Waals surface area contributed by atoms with Crippen molar-refractivity contribution in [3.63, 3.8) is 0 Å². The van der Waals surface area contributed by atoms with Gasteiger partial charge in [-0.05, 0) is 32.3 Å². The van der Waals surface area contributed by atoms with Crippen LogP contribution in [0, 0.1) is 5.41 Å². The molecule has 0 spiro atoms. The molecule has 0 aromatic heterocycles. The molecule has 1 unspecified atom stereocenters.